The van der Waals surface area contributed by atoms with Crippen LogP contribution in [0.1, 0.15) is 31.2 Å². The quantitative estimate of drug-likeness (QED) is 0.787. The second kappa shape index (κ2) is 4.40. The fourth-order valence-electron chi connectivity index (χ4n) is 2.99. The Kier molecular flexibility index (Phi) is 2.81. The number of anilines is 1. The van der Waals surface area contributed by atoms with Gasteiger partial charge in [-0.3, -0.25) is 19.9 Å². The summed E-state index contributed by atoms with van der Waals surface area (Å²) in [7, 11) is 0. The number of amides is 4. The zero-order valence-electron chi connectivity index (χ0n) is 11.2. The first kappa shape index (κ1) is 12.8. The lowest BCUT2D eigenvalue weighted by molar-refractivity contribution is -0.142. The second-order valence-electron chi connectivity index (χ2n) is 5.41. The highest BCUT2D eigenvalue weighted by atomic mass is 16.2. The van der Waals surface area contributed by atoms with E-state index in [0.717, 1.165) is 23.3 Å². The van der Waals surface area contributed by atoms with Crippen LogP contribution in [0.2, 0.25) is 0 Å². The summed E-state index contributed by atoms with van der Waals surface area (Å²) in [5.41, 5.74) is 0.184. The smallest absolute Gasteiger partial charge is 0.276 e. The lowest BCUT2D eigenvalue weighted by Gasteiger charge is -2.36. The average Bonchev–Trinajstić information content (AvgIpc) is 2.87. The van der Waals surface area contributed by atoms with E-state index in [9.17, 15) is 14.4 Å². The molecule has 4 amide bonds. The molecule has 1 N–H and O–H groups in total. The van der Waals surface area contributed by atoms with E-state index >= 15 is 0 Å². The van der Waals surface area contributed by atoms with Crippen molar-refractivity contribution in [3.63, 3.8) is 0 Å². The van der Waals surface area contributed by atoms with Gasteiger partial charge >= 0.3 is 6.03 Å². The lowest BCUT2D eigenvalue weighted by Crippen LogP contribution is -2.63. The Morgan fingerprint density at radius 2 is 1.90 bits per heavy atom. The number of nitrogens with zero attached hydrogens (tertiary/aromatic N) is 2. The molecule has 1 spiro atoms. The summed E-state index contributed by atoms with van der Waals surface area (Å²) in [6, 6.07) is 1.02. The van der Waals surface area contributed by atoms with Crippen LogP contribution < -0.4 is 10.2 Å². The van der Waals surface area contributed by atoms with Crippen LogP contribution in [-0.4, -0.2) is 22.8 Å². The number of aromatic nitrogens is 1. The van der Waals surface area contributed by atoms with Crippen LogP contribution in [0.15, 0.2) is 18.5 Å². The molecule has 1 saturated heterocycles. The van der Waals surface area contributed by atoms with Crippen molar-refractivity contribution in [2.75, 3.05) is 4.90 Å². The molecule has 3 rings (SSSR count). The van der Waals surface area contributed by atoms with Gasteiger partial charge in [-0.05, 0) is 31.4 Å². The summed E-state index contributed by atoms with van der Waals surface area (Å²) in [5.74, 6) is -0.877. The Morgan fingerprint density at radius 1 is 1.20 bits per heavy atom. The van der Waals surface area contributed by atoms with Gasteiger partial charge in [0.1, 0.15) is 5.41 Å². The Bertz CT molecular complexity index is 605. The minimum Gasteiger partial charge on any atom is -0.276 e. The molecule has 0 bridgehead atoms. The summed E-state index contributed by atoms with van der Waals surface area (Å²) in [5, 5.41) is 2.31. The predicted molar refractivity (Wildman–Crippen MR) is 70.9 cm³/mol. The van der Waals surface area contributed by atoms with Gasteiger partial charge in [0.15, 0.2) is 0 Å². The Morgan fingerprint density at radius 3 is 2.55 bits per heavy atom. The van der Waals surface area contributed by atoms with E-state index < -0.39 is 23.3 Å². The molecule has 104 valence electrons. The second-order valence-corrected chi connectivity index (χ2v) is 5.41. The summed E-state index contributed by atoms with van der Waals surface area (Å²) in [6.07, 6.45) is 5.76. The first-order valence-electron chi connectivity index (χ1n) is 6.66. The molecule has 1 aromatic rings. The monoisotopic (exact) mass is 273 g/mol. The van der Waals surface area contributed by atoms with Gasteiger partial charge in [-0.15, -0.1) is 0 Å². The largest absolute Gasteiger partial charge is 0.335 e. The number of nitrogens with one attached hydrogen (secondary N) is 1. The third-order valence-electron chi connectivity index (χ3n) is 4.05. The maximum atomic E-state index is 12.7. The van der Waals surface area contributed by atoms with Gasteiger partial charge in [-0.25, -0.2) is 9.69 Å². The summed E-state index contributed by atoms with van der Waals surface area (Å²) in [4.78, 5) is 41.9. The maximum absolute atomic E-state index is 12.7. The standard InChI is InChI=1S/C14H15N3O3/c1-9-6-10(8-15-7-9)17-12(19)14(4-2-3-5-14)11(18)16-13(17)20/h6-8H,2-5H2,1H3,(H,16,18,20). The SMILES string of the molecule is Cc1cncc(N2C(=O)NC(=O)C3(CCCC3)C2=O)c1. The molecule has 1 saturated carbocycles. The highest BCUT2D eigenvalue weighted by Gasteiger charge is 2.55. The van der Waals surface area contributed by atoms with E-state index in [0.29, 0.717) is 18.5 Å². The zero-order valence-corrected chi connectivity index (χ0v) is 11.2. The minimum absolute atomic E-state index is 0.409. The van der Waals surface area contributed by atoms with Crippen molar-refractivity contribution in [1.29, 1.82) is 0 Å². The Hall–Kier alpha value is -2.24. The number of hydrogen-bond acceptors (Lipinski definition) is 4. The molecule has 1 aliphatic carbocycles. The number of hydrogen-bond donors (Lipinski definition) is 1. The third kappa shape index (κ3) is 1.71. The molecule has 6 heteroatoms. The molecule has 1 aromatic heterocycles. The van der Waals surface area contributed by atoms with Crippen LogP contribution in [0.25, 0.3) is 0 Å². The molecular formula is C14H15N3O3. The van der Waals surface area contributed by atoms with Crippen molar-refractivity contribution in [1.82, 2.24) is 10.3 Å². The molecule has 2 aliphatic rings. The molecular weight excluding hydrogens is 258 g/mol. The van der Waals surface area contributed by atoms with E-state index in [2.05, 4.69) is 10.3 Å². The van der Waals surface area contributed by atoms with Gasteiger partial charge < -0.3 is 0 Å². The summed E-state index contributed by atoms with van der Waals surface area (Å²) in [6.45, 7) is 1.83. The van der Waals surface area contributed by atoms with E-state index in [-0.39, 0.29) is 0 Å². The van der Waals surface area contributed by atoms with Crippen LogP contribution in [0, 0.1) is 12.3 Å². The zero-order chi connectivity index (χ0) is 14.3. The van der Waals surface area contributed by atoms with Gasteiger partial charge in [0.05, 0.1) is 11.9 Å². The fourth-order valence-corrected chi connectivity index (χ4v) is 2.99. The molecule has 0 atom stereocenters. The molecule has 1 aliphatic heterocycles. The van der Waals surface area contributed by atoms with E-state index in [1.165, 1.54) is 6.20 Å². The number of pyridine rings is 1. The maximum Gasteiger partial charge on any atom is 0.335 e. The molecule has 0 aromatic carbocycles. The molecule has 0 unspecified atom stereocenters. The number of urea groups is 1. The Labute approximate surface area is 116 Å². The number of aryl methyl sites for hydroxylation is 1. The van der Waals surface area contributed by atoms with Crippen molar-refractivity contribution in [2.45, 2.75) is 32.6 Å². The van der Waals surface area contributed by atoms with E-state index in [1.54, 1.807) is 12.3 Å². The van der Waals surface area contributed by atoms with Crippen molar-refractivity contribution in [3.8, 4) is 0 Å². The van der Waals surface area contributed by atoms with Crippen molar-refractivity contribution in [3.05, 3.63) is 24.0 Å². The molecule has 6 nitrogen and oxygen atoms in total. The third-order valence-corrected chi connectivity index (χ3v) is 4.05. The van der Waals surface area contributed by atoms with Crippen molar-refractivity contribution < 1.29 is 14.4 Å². The van der Waals surface area contributed by atoms with E-state index in [1.807, 2.05) is 6.92 Å². The van der Waals surface area contributed by atoms with Gasteiger partial charge in [-0.1, -0.05) is 12.8 Å². The molecule has 20 heavy (non-hydrogen) atoms. The van der Waals surface area contributed by atoms with Gasteiger partial charge in [-0.2, -0.15) is 0 Å². The number of carbonyl (C=O) groups excluding carboxylic acids is 3. The van der Waals surface area contributed by atoms with Gasteiger partial charge in [0.25, 0.3) is 5.91 Å². The van der Waals surface area contributed by atoms with Crippen LogP contribution in [-0.2, 0) is 9.59 Å². The van der Waals surface area contributed by atoms with E-state index in [4.69, 9.17) is 0 Å². The fraction of sp³-hybridized carbons (Fsp3) is 0.429. The highest BCUT2D eigenvalue weighted by molar-refractivity contribution is 6.30. The topological polar surface area (TPSA) is 79.4 Å². The van der Waals surface area contributed by atoms with Crippen LogP contribution >= 0.6 is 0 Å². The number of imide groups is 2. The van der Waals surface area contributed by atoms with Gasteiger partial charge in [0.2, 0.25) is 5.91 Å². The normalized spacial score (nSPS) is 21.4. The molecule has 2 fully saturated rings. The minimum atomic E-state index is -1.07. The van der Waals surface area contributed by atoms with Crippen LogP contribution in [0.4, 0.5) is 10.5 Å². The predicted octanol–water partition coefficient (Wildman–Crippen LogP) is 1.53. The lowest BCUT2D eigenvalue weighted by atomic mass is 9.82. The summed E-state index contributed by atoms with van der Waals surface area (Å²) < 4.78 is 0. The van der Waals surface area contributed by atoms with Crippen molar-refractivity contribution in [2.24, 2.45) is 5.41 Å². The van der Waals surface area contributed by atoms with Crippen molar-refractivity contribution >= 4 is 23.5 Å². The first-order chi connectivity index (χ1) is 9.54. The number of barbiturate groups is 1. The van der Waals surface area contributed by atoms with Crippen LogP contribution in [0.5, 0.6) is 0 Å². The average molecular weight is 273 g/mol. The first-order valence-corrected chi connectivity index (χ1v) is 6.66. The molecule has 0 radical (unpaired) electrons. The van der Waals surface area contributed by atoms with Gasteiger partial charge in [0, 0.05) is 6.20 Å². The molecule has 2 heterocycles. The Balaban J connectivity index is 2.04. The number of rotatable bonds is 1. The number of carbonyl (C=O) groups is 3. The highest BCUT2D eigenvalue weighted by Crippen LogP contribution is 2.42. The van der Waals surface area contributed by atoms with Crippen LogP contribution in [0.3, 0.4) is 0 Å². The summed E-state index contributed by atoms with van der Waals surface area (Å²) >= 11 is 0.